The second-order valence-electron chi connectivity index (χ2n) is 7.07. The van der Waals surface area contributed by atoms with Crippen LogP contribution in [0.1, 0.15) is 50.3 Å². The molecule has 2 aromatic carbocycles. The molecule has 2 aromatic rings. The van der Waals surface area contributed by atoms with Crippen LogP contribution in [0.3, 0.4) is 0 Å². The van der Waals surface area contributed by atoms with Crippen molar-refractivity contribution in [2.75, 3.05) is 13.2 Å². The number of benzene rings is 2. The van der Waals surface area contributed by atoms with E-state index in [1.807, 2.05) is 37.3 Å². The van der Waals surface area contributed by atoms with Gasteiger partial charge >= 0.3 is 0 Å². The monoisotopic (exact) mass is 393 g/mol. The summed E-state index contributed by atoms with van der Waals surface area (Å²) in [6, 6.07) is 15.6. The zero-order valence-corrected chi connectivity index (χ0v) is 16.9. The van der Waals surface area contributed by atoms with Gasteiger partial charge in [-0.15, -0.1) is 0 Å². The summed E-state index contributed by atoms with van der Waals surface area (Å²) >= 11 is 0. The Balaban J connectivity index is 2.07. The van der Waals surface area contributed by atoms with Gasteiger partial charge in [0.2, 0.25) is 0 Å². The number of ether oxygens (including phenoxy) is 1. The highest BCUT2D eigenvalue weighted by Crippen LogP contribution is 2.39. The van der Waals surface area contributed by atoms with Crippen molar-refractivity contribution in [3.05, 3.63) is 71.3 Å². The van der Waals surface area contributed by atoms with Crippen LogP contribution in [0, 0.1) is 0 Å². The third kappa shape index (κ3) is 4.34. The van der Waals surface area contributed by atoms with Gasteiger partial charge in [0.05, 0.1) is 18.2 Å². The van der Waals surface area contributed by atoms with E-state index in [0.29, 0.717) is 18.7 Å². The van der Waals surface area contributed by atoms with Gasteiger partial charge < -0.3 is 14.7 Å². The molecule has 0 saturated carbocycles. The largest absolute Gasteiger partial charge is 0.507 e. The number of aliphatic hydroxyl groups excluding tert-OH is 1. The van der Waals surface area contributed by atoms with Gasteiger partial charge in [-0.3, -0.25) is 9.59 Å². The van der Waals surface area contributed by atoms with Crippen LogP contribution in [0.2, 0.25) is 0 Å². The molecule has 1 fully saturated rings. The maximum Gasteiger partial charge on any atom is 0.295 e. The highest BCUT2D eigenvalue weighted by Gasteiger charge is 2.45. The van der Waals surface area contributed by atoms with Crippen molar-refractivity contribution < 1.29 is 19.4 Å². The smallest absolute Gasteiger partial charge is 0.295 e. The van der Waals surface area contributed by atoms with Gasteiger partial charge in [-0.05, 0) is 31.0 Å². The molecule has 1 amide bonds. The van der Waals surface area contributed by atoms with Crippen molar-refractivity contribution in [2.24, 2.45) is 0 Å². The summed E-state index contributed by atoms with van der Waals surface area (Å²) in [5, 5.41) is 10.9. The maximum atomic E-state index is 12.9. The molecule has 1 saturated heterocycles. The van der Waals surface area contributed by atoms with E-state index in [4.69, 9.17) is 4.74 Å². The first kappa shape index (κ1) is 20.6. The number of hydrogen-bond donors (Lipinski definition) is 1. The van der Waals surface area contributed by atoms with Crippen LogP contribution in [0.25, 0.3) is 5.76 Å². The van der Waals surface area contributed by atoms with Crippen molar-refractivity contribution in [3.8, 4) is 5.75 Å². The van der Waals surface area contributed by atoms with Crippen LogP contribution < -0.4 is 4.74 Å². The zero-order valence-electron chi connectivity index (χ0n) is 16.9. The fourth-order valence-electron chi connectivity index (χ4n) is 3.65. The normalized spacial score (nSPS) is 18.3. The Hall–Kier alpha value is -3.08. The van der Waals surface area contributed by atoms with E-state index in [-0.39, 0.29) is 11.3 Å². The number of nitrogens with zero attached hydrogens (tertiary/aromatic N) is 1. The number of unbranched alkanes of at least 4 members (excludes halogenated alkanes) is 2. The minimum absolute atomic E-state index is 0.138. The summed E-state index contributed by atoms with van der Waals surface area (Å²) in [5.74, 6) is -0.609. The predicted molar refractivity (Wildman–Crippen MR) is 113 cm³/mol. The Bertz CT molecular complexity index is 887. The number of likely N-dealkylation sites (tertiary alicyclic amines) is 1. The SMILES string of the molecule is CCCCCN1C(=O)C(=O)/C(=C(\O)c2ccccc2)C1c1ccc(OCC)cc1. The van der Waals surface area contributed by atoms with Gasteiger partial charge in [0, 0.05) is 12.1 Å². The molecule has 0 spiro atoms. The van der Waals surface area contributed by atoms with Gasteiger partial charge in [0.1, 0.15) is 11.5 Å². The molecule has 0 radical (unpaired) electrons. The lowest BCUT2D eigenvalue weighted by Crippen LogP contribution is -2.30. The Kier molecular flexibility index (Phi) is 6.70. The first-order valence-electron chi connectivity index (χ1n) is 10.1. The average Bonchev–Trinajstić information content (AvgIpc) is 3.00. The fourth-order valence-corrected chi connectivity index (χ4v) is 3.65. The first-order valence-corrected chi connectivity index (χ1v) is 10.1. The summed E-state index contributed by atoms with van der Waals surface area (Å²) in [6.07, 6.45) is 2.79. The lowest BCUT2D eigenvalue weighted by Gasteiger charge is -2.25. The van der Waals surface area contributed by atoms with Gasteiger partial charge in [-0.1, -0.05) is 62.2 Å². The highest BCUT2D eigenvalue weighted by atomic mass is 16.5. The summed E-state index contributed by atoms with van der Waals surface area (Å²) in [7, 11) is 0. The summed E-state index contributed by atoms with van der Waals surface area (Å²) in [6.45, 7) is 5.04. The van der Waals surface area contributed by atoms with Crippen LogP contribution in [0.15, 0.2) is 60.2 Å². The van der Waals surface area contributed by atoms with Gasteiger partial charge in [0.15, 0.2) is 0 Å². The average molecular weight is 393 g/mol. The second-order valence-corrected chi connectivity index (χ2v) is 7.07. The minimum atomic E-state index is -0.637. The maximum absolute atomic E-state index is 12.9. The number of carbonyl (C=O) groups is 2. The Morgan fingerprint density at radius 2 is 1.69 bits per heavy atom. The molecule has 152 valence electrons. The van der Waals surface area contributed by atoms with Crippen LogP contribution in [0.5, 0.6) is 5.75 Å². The van der Waals surface area contributed by atoms with Crippen molar-refractivity contribution in [2.45, 2.75) is 39.2 Å². The van der Waals surface area contributed by atoms with E-state index in [2.05, 4.69) is 6.92 Å². The standard InChI is InChI=1S/C24H27NO4/c1-3-5-9-16-25-21(17-12-14-19(15-13-17)29-4-2)20(23(27)24(25)28)22(26)18-10-7-6-8-11-18/h6-8,10-15,21,26H,3-5,9,16H2,1-2H3/b22-20-. The van der Waals surface area contributed by atoms with Crippen molar-refractivity contribution in [3.63, 3.8) is 0 Å². The van der Waals surface area contributed by atoms with Crippen LogP contribution in [0.4, 0.5) is 0 Å². The molecular weight excluding hydrogens is 366 g/mol. The molecular formula is C24H27NO4. The number of hydrogen-bond acceptors (Lipinski definition) is 4. The Morgan fingerprint density at radius 3 is 2.31 bits per heavy atom. The number of rotatable bonds is 8. The van der Waals surface area contributed by atoms with E-state index in [9.17, 15) is 14.7 Å². The van der Waals surface area contributed by atoms with E-state index in [0.717, 1.165) is 30.6 Å². The molecule has 1 unspecified atom stereocenters. The van der Waals surface area contributed by atoms with E-state index < -0.39 is 17.7 Å². The summed E-state index contributed by atoms with van der Waals surface area (Å²) in [5.41, 5.74) is 1.44. The Morgan fingerprint density at radius 1 is 1.00 bits per heavy atom. The van der Waals surface area contributed by atoms with E-state index >= 15 is 0 Å². The first-order chi connectivity index (χ1) is 14.1. The molecule has 29 heavy (non-hydrogen) atoms. The number of aliphatic hydroxyl groups is 1. The van der Waals surface area contributed by atoms with Crippen molar-refractivity contribution in [1.29, 1.82) is 0 Å². The summed E-state index contributed by atoms with van der Waals surface area (Å²) in [4.78, 5) is 27.3. The van der Waals surface area contributed by atoms with E-state index in [1.54, 1.807) is 29.2 Å². The summed E-state index contributed by atoms with van der Waals surface area (Å²) < 4.78 is 5.51. The van der Waals surface area contributed by atoms with Crippen LogP contribution >= 0.6 is 0 Å². The minimum Gasteiger partial charge on any atom is -0.507 e. The molecule has 1 aliphatic rings. The topological polar surface area (TPSA) is 66.8 Å². The second kappa shape index (κ2) is 9.41. The van der Waals surface area contributed by atoms with Gasteiger partial charge in [0.25, 0.3) is 11.7 Å². The lowest BCUT2D eigenvalue weighted by molar-refractivity contribution is -0.139. The molecule has 1 N–H and O–H groups in total. The molecule has 5 nitrogen and oxygen atoms in total. The quantitative estimate of drug-likeness (QED) is 0.306. The molecule has 1 heterocycles. The number of ketones is 1. The molecule has 3 rings (SSSR count). The molecule has 1 atom stereocenters. The van der Waals surface area contributed by atoms with Gasteiger partial charge in [-0.2, -0.15) is 0 Å². The molecule has 0 bridgehead atoms. The molecule has 5 heteroatoms. The van der Waals surface area contributed by atoms with Crippen LogP contribution in [-0.2, 0) is 9.59 Å². The highest BCUT2D eigenvalue weighted by molar-refractivity contribution is 6.46. The number of carbonyl (C=O) groups excluding carboxylic acids is 2. The number of amides is 1. The number of Topliss-reactive ketones (excluding diaryl/α,β-unsaturated/α-hetero) is 1. The predicted octanol–water partition coefficient (Wildman–Crippen LogP) is 4.70. The Labute approximate surface area is 171 Å². The third-order valence-electron chi connectivity index (χ3n) is 5.10. The van der Waals surface area contributed by atoms with E-state index in [1.165, 1.54) is 0 Å². The molecule has 1 aliphatic heterocycles. The molecule has 0 aliphatic carbocycles. The van der Waals surface area contributed by atoms with Crippen LogP contribution in [-0.4, -0.2) is 34.8 Å². The van der Waals surface area contributed by atoms with Crippen molar-refractivity contribution >= 4 is 17.4 Å². The third-order valence-corrected chi connectivity index (χ3v) is 5.10. The lowest BCUT2D eigenvalue weighted by atomic mass is 9.95. The zero-order chi connectivity index (χ0) is 20.8. The fraction of sp³-hybridized carbons (Fsp3) is 0.333. The molecule has 0 aromatic heterocycles. The van der Waals surface area contributed by atoms with Crippen molar-refractivity contribution in [1.82, 2.24) is 4.90 Å². The van der Waals surface area contributed by atoms with Gasteiger partial charge in [-0.25, -0.2) is 0 Å².